The van der Waals surface area contributed by atoms with Crippen molar-refractivity contribution < 1.29 is 17.6 Å². The van der Waals surface area contributed by atoms with Gasteiger partial charge in [0.05, 0.1) is 5.75 Å². The minimum Gasteiger partial charge on any atom is -0.296 e. The lowest BCUT2D eigenvalue weighted by Crippen LogP contribution is -2.38. The van der Waals surface area contributed by atoms with Gasteiger partial charge in [-0.25, -0.2) is 27.1 Å². The van der Waals surface area contributed by atoms with Gasteiger partial charge in [0.1, 0.15) is 17.5 Å². The number of anilines is 1. The van der Waals surface area contributed by atoms with Crippen molar-refractivity contribution in [3.05, 3.63) is 52.7 Å². The Morgan fingerprint density at radius 2 is 1.97 bits per heavy atom. The lowest BCUT2D eigenvalue weighted by molar-refractivity contribution is -0.118. The number of carbonyl (C=O) groups is 1. The number of nitrogens with zero attached hydrogens (tertiary/aromatic N) is 4. The zero-order chi connectivity index (χ0) is 22.2. The minimum absolute atomic E-state index is 0.0329. The van der Waals surface area contributed by atoms with Gasteiger partial charge in [0, 0.05) is 43.2 Å². The Kier molecular flexibility index (Phi) is 6.07. The van der Waals surface area contributed by atoms with Crippen LogP contribution in [0.3, 0.4) is 0 Å². The van der Waals surface area contributed by atoms with Gasteiger partial charge in [0.15, 0.2) is 0 Å². The van der Waals surface area contributed by atoms with Gasteiger partial charge in [-0.15, -0.1) is 0 Å². The Bertz CT molecular complexity index is 1110. The van der Waals surface area contributed by atoms with Crippen LogP contribution >= 0.6 is 0 Å². The normalized spacial score (nSPS) is 19.6. The van der Waals surface area contributed by atoms with Crippen LogP contribution in [0.1, 0.15) is 48.3 Å². The van der Waals surface area contributed by atoms with Crippen LogP contribution in [-0.4, -0.2) is 54.0 Å². The van der Waals surface area contributed by atoms with Crippen LogP contribution in [0.2, 0.25) is 0 Å². The van der Waals surface area contributed by atoms with Crippen molar-refractivity contribution in [3.63, 3.8) is 0 Å². The number of fused-ring (bicyclic) bond motifs is 1. The van der Waals surface area contributed by atoms with E-state index in [4.69, 9.17) is 4.98 Å². The van der Waals surface area contributed by atoms with E-state index >= 15 is 0 Å². The minimum atomic E-state index is -3.25. The second-order valence-corrected chi connectivity index (χ2v) is 10.4. The summed E-state index contributed by atoms with van der Waals surface area (Å²) in [6, 6.07) is 6.57. The lowest BCUT2D eigenvalue weighted by Gasteiger charge is -2.30. The van der Waals surface area contributed by atoms with Crippen molar-refractivity contribution >= 4 is 21.7 Å². The Balaban J connectivity index is 1.61. The predicted molar refractivity (Wildman–Crippen MR) is 116 cm³/mol. The molecule has 2 aliphatic rings. The molecule has 1 unspecified atom stereocenters. The summed E-state index contributed by atoms with van der Waals surface area (Å²) in [5, 5.41) is 0. The summed E-state index contributed by atoms with van der Waals surface area (Å²) in [6.07, 6.45) is 2.00. The molecule has 31 heavy (non-hydrogen) atoms. The molecular formula is C22H27FN4O3S. The third-order valence-electron chi connectivity index (χ3n) is 6.19. The quantitative estimate of drug-likeness (QED) is 0.681. The fraction of sp³-hybridized carbons (Fsp3) is 0.500. The zero-order valence-corrected chi connectivity index (χ0v) is 18.7. The summed E-state index contributed by atoms with van der Waals surface area (Å²) in [7, 11) is -3.25. The maximum absolute atomic E-state index is 14.0. The Morgan fingerprint density at radius 1 is 1.19 bits per heavy atom. The van der Waals surface area contributed by atoms with Crippen molar-refractivity contribution in [1.29, 1.82) is 0 Å². The van der Waals surface area contributed by atoms with E-state index in [-0.39, 0.29) is 23.4 Å². The van der Waals surface area contributed by atoms with Crippen LogP contribution in [0, 0.1) is 12.7 Å². The number of benzene rings is 1. The van der Waals surface area contributed by atoms with Crippen LogP contribution in [0.5, 0.6) is 0 Å². The maximum Gasteiger partial charge on any atom is 0.228 e. The Morgan fingerprint density at radius 3 is 2.71 bits per heavy atom. The lowest BCUT2D eigenvalue weighted by atomic mass is 10.0. The van der Waals surface area contributed by atoms with Crippen LogP contribution in [0.4, 0.5) is 10.2 Å². The molecule has 1 fully saturated rings. The first-order chi connectivity index (χ1) is 14.8. The standard InChI is InChI=1S/C22H27FN4O3S/c1-3-31(29,30)26-12-10-17(14-26)21-24-15(2)18-8-9-20(28)27(22(18)25-21)13-11-16-6-4-5-7-19(16)23/h4-7,17H,3,8-14H2,1-2H3. The molecule has 7 nitrogen and oxygen atoms in total. The number of halogens is 1. The molecule has 1 aromatic heterocycles. The van der Waals surface area contributed by atoms with E-state index in [0.717, 1.165) is 11.3 Å². The Hall–Kier alpha value is -2.39. The molecule has 1 aromatic carbocycles. The number of aromatic nitrogens is 2. The molecular weight excluding hydrogens is 419 g/mol. The van der Waals surface area contributed by atoms with E-state index in [2.05, 4.69) is 4.98 Å². The summed E-state index contributed by atoms with van der Waals surface area (Å²) in [4.78, 5) is 23.8. The number of carbonyl (C=O) groups excluding carboxylic acids is 1. The second kappa shape index (κ2) is 8.63. The molecule has 9 heteroatoms. The van der Waals surface area contributed by atoms with Crippen molar-refractivity contribution in [2.45, 2.75) is 45.4 Å². The van der Waals surface area contributed by atoms with E-state index in [1.165, 1.54) is 10.4 Å². The molecule has 2 aliphatic heterocycles. The number of hydrogen-bond donors (Lipinski definition) is 0. The number of amides is 1. The molecule has 1 amide bonds. The van der Waals surface area contributed by atoms with Crippen LogP contribution in [0.25, 0.3) is 0 Å². The summed E-state index contributed by atoms with van der Waals surface area (Å²) < 4.78 is 40.0. The van der Waals surface area contributed by atoms with Crippen molar-refractivity contribution in [3.8, 4) is 0 Å². The fourth-order valence-corrected chi connectivity index (χ4v) is 5.48. The molecule has 0 aliphatic carbocycles. The average molecular weight is 447 g/mol. The summed E-state index contributed by atoms with van der Waals surface area (Å²) in [5.41, 5.74) is 2.32. The molecule has 1 saturated heterocycles. The third kappa shape index (κ3) is 4.34. The van der Waals surface area contributed by atoms with E-state index in [1.54, 1.807) is 30.0 Å². The van der Waals surface area contributed by atoms with Gasteiger partial charge >= 0.3 is 0 Å². The van der Waals surface area contributed by atoms with E-state index in [1.807, 2.05) is 6.92 Å². The molecule has 2 aromatic rings. The molecule has 0 spiro atoms. The molecule has 0 saturated carbocycles. The molecule has 166 valence electrons. The highest BCUT2D eigenvalue weighted by Gasteiger charge is 2.35. The SMILES string of the molecule is CCS(=O)(=O)N1CCC(c2nc(C)c3c(n2)N(CCc2ccccc2F)C(=O)CC3)C1. The topological polar surface area (TPSA) is 83.5 Å². The maximum atomic E-state index is 14.0. The highest BCUT2D eigenvalue weighted by molar-refractivity contribution is 7.89. The van der Waals surface area contributed by atoms with Gasteiger partial charge in [0.25, 0.3) is 0 Å². The fourth-order valence-electron chi connectivity index (χ4n) is 4.32. The summed E-state index contributed by atoms with van der Waals surface area (Å²) in [6.45, 7) is 4.70. The monoisotopic (exact) mass is 446 g/mol. The molecule has 4 rings (SSSR count). The van der Waals surface area contributed by atoms with E-state index < -0.39 is 10.0 Å². The zero-order valence-electron chi connectivity index (χ0n) is 17.8. The van der Waals surface area contributed by atoms with Gasteiger partial charge in [-0.3, -0.25) is 9.69 Å². The van der Waals surface area contributed by atoms with Crippen molar-refractivity contribution in [1.82, 2.24) is 14.3 Å². The molecule has 0 N–H and O–H groups in total. The highest BCUT2D eigenvalue weighted by atomic mass is 32.2. The second-order valence-electron chi connectivity index (χ2n) is 8.10. The van der Waals surface area contributed by atoms with Gasteiger partial charge in [-0.2, -0.15) is 0 Å². The van der Waals surface area contributed by atoms with Crippen molar-refractivity contribution in [2.24, 2.45) is 0 Å². The van der Waals surface area contributed by atoms with Crippen LogP contribution < -0.4 is 4.90 Å². The number of aryl methyl sites for hydroxylation is 1. The summed E-state index contributed by atoms with van der Waals surface area (Å²) >= 11 is 0. The van der Waals surface area contributed by atoms with E-state index in [0.29, 0.717) is 62.5 Å². The molecule has 0 radical (unpaired) electrons. The molecule has 1 atom stereocenters. The van der Waals surface area contributed by atoms with Crippen LogP contribution in [0.15, 0.2) is 24.3 Å². The van der Waals surface area contributed by atoms with E-state index in [9.17, 15) is 17.6 Å². The van der Waals surface area contributed by atoms with Gasteiger partial charge < -0.3 is 0 Å². The van der Waals surface area contributed by atoms with Crippen LogP contribution in [-0.2, 0) is 27.7 Å². The first-order valence-corrected chi connectivity index (χ1v) is 12.3. The number of hydrogen-bond acceptors (Lipinski definition) is 5. The highest BCUT2D eigenvalue weighted by Crippen LogP contribution is 2.33. The van der Waals surface area contributed by atoms with Gasteiger partial charge in [0.2, 0.25) is 15.9 Å². The summed E-state index contributed by atoms with van der Waals surface area (Å²) in [5.74, 6) is 0.824. The number of rotatable bonds is 6. The van der Waals surface area contributed by atoms with Gasteiger partial charge in [-0.05, 0) is 44.7 Å². The smallest absolute Gasteiger partial charge is 0.228 e. The van der Waals surface area contributed by atoms with Crippen molar-refractivity contribution in [2.75, 3.05) is 30.3 Å². The van der Waals surface area contributed by atoms with Gasteiger partial charge in [-0.1, -0.05) is 18.2 Å². The largest absolute Gasteiger partial charge is 0.296 e. The predicted octanol–water partition coefficient (Wildman–Crippen LogP) is 2.59. The molecule has 3 heterocycles. The first-order valence-electron chi connectivity index (χ1n) is 10.7. The number of sulfonamides is 1. The molecule has 0 bridgehead atoms. The third-order valence-corrected chi connectivity index (χ3v) is 8.04. The first kappa shape index (κ1) is 21.8. The average Bonchev–Trinajstić information content (AvgIpc) is 3.25. The Labute approximate surface area is 182 Å².